The minimum atomic E-state index is -0.197. The molecule has 20 heavy (non-hydrogen) atoms. The molecule has 5 heteroatoms. The van der Waals surface area contributed by atoms with Gasteiger partial charge in [0.15, 0.2) is 0 Å². The first-order valence-electron chi connectivity index (χ1n) is 6.66. The molecule has 1 aromatic heterocycles. The number of rotatable bonds is 2. The Balaban J connectivity index is 1.73. The summed E-state index contributed by atoms with van der Waals surface area (Å²) in [6.45, 7) is 0.484. The van der Waals surface area contributed by atoms with Crippen LogP contribution in [0.3, 0.4) is 0 Å². The van der Waals surface area contributed by atoms with Gasteiger partial charge in [0.1, 0.15) is 5.69 Å². The van der Waals surface area contributed by atoms with E-state index in [0.717, 1.165) is 10.9 Å². The third-order valence-electron chi connectivity index (χ3n) is 3.43. The van der Waals surface area contributed by atoms with Gasteiger partial charge < -0.3 is 10.6 Å². The number of hydrogen-bond donors (Lipinski definition) is 2. The van der Waals surface area contributed by atoms with E-state index in [1.54, 1.807) is 6.07 Å². The highest BCUT2D eigenvalue weighted by Gasteiger charge is 2.20. The van der Waals surface area contributed by atoms with Crippen molar-refractivity contribution < 1.29 is 9.59 Å². The highest BCUT2D eigenvalue weighted by atomic mass is 16.2. The van der Waals surface area contributed by atoms with Gasteiger partial charge in [-0.2, -0.15) is 0 Å². The van der Waals surface area contributed by atoms with Gasteiger partial charge in [0.2, 0.25) is 5.91 Å². The van der Waals surface area contributed by atoms with Crippen LogP contribution in [-0.4, -0.2) is 29.4 Å². The van der Waals surface area contributed by atoms with Crippen molar-refractivity contribution in [3.63, 3.8) is 0 Å². The highest BCUT2D eigenvalue weighted by Crippen LogP contribution is 2.12. The van der Waals surface area contributed by atoms with E-state index in [4.69, 9.17) is 0 Å². The lowest BCUT2D eigenvalue weighted by molar-refractivity contribution is -0.122. The Hall–Kier alpha value is -2.43. The second-order valence-corrected chi connectivity index (χ2v) is 4.90. The monoisotopic (exact) mass is 269 g/mol. The quantitative estimate of drug-likeness (QED) is 0.861. The SMILES string of the molecule is O=C1CCC(NC(=O)c2ccc3ccccc3n2)CN1. The second-order valence-electron chi connectivity index (χ2n) is 4.90. The number of fused-ring (bicyclic) bond motifs is 1. The van der Waals surface area contributed by atoms with Gasteiger partial charge in [0.05, 0.1) is 5.52 Å². The van der Waals surface area contributed by atoms with Crippen LogP contribution in [0.5, 0.6) is 0 Å². The van der Waals surface area contributed by atoms with E-state index in [1.807, 2.05) is 30.3 Å². The van der Waals surface area contributed by atoms with Gasteiger partial charge in [-0.05, 0) is 18.6 Å². The number of carbonyl (C=O) groups is 2. The van der Waals surface area contributed by atoms with Crippen LogP contribution in [0.1, 0.15) is 23.3 Å². The molecule has 3 rings (SSSR count). The van der Waals surface area contributed by atoms with Crippen LogP contribution in [0.2, 0.25) is 0 Å². The summed E-state index contributed by atoms with van der Waals surface area (Å²) in [6, 6.07) is 11.3. The van der Waals surface area contributed by atoms with Crippen LogP contribution < -0.4 is 10.6 Å². The van der Waals surface area contributed by atoms with Crippen molar-refractivity contribution in [3.8, 4) is 0 Å². The summed E-state index contributed by atoms with van der Waals surface area (Å²) in [7, 11) is 0. The normalized spacial score (nSPS) is 18.6. The van der Waals surface area contributed by atoms with Crippen LogP contribution in [0.15, 0.2) is 36.4 Å². The Morgan fingerprint density at radius 3 is 2.90 bits per heavy atom. The molecule has 0 spiro atoms. The van der Waals surface area contributed by atoms with Crippen molar-refractivity contribution in [3.05, 3.63) is 42.1 Å². The average molecular weight is 269 g/mol. The summed E-state index contributed by atoms with van der Waals surface area (Å²) in [4.78, 5) is 27.6. The van der Waals surface area contributed by atoms with Crippen molar-refractivity contribution in [2.75, 3.05) is 6.54 Å². The smallest absolute Gasteiger partial charge is 0.270 e. The number of amides is 2. The van der Waals surface area contributed by atoms with Gasteiger partial charge in [-0.15, -0.1) is 0 Å². The Morgan fingerprint density at radius 1 is 1.25 bits per heavy atom. The molecule has 2 amide bonds. The lowest BCUT2D eigenvalue weighted by Gasteiger charge is -2.23. The molecule has 1 aromatic carbocycles. The third kappa shape index (κ3) is 2.61. The molecule has 0 aliphatic carbocycles. The highest BCUT2D eigenvalue weighted by molar-refractivity contribution is 5.95. The van der Waals surface area contributed by atoms with Crippen LogP contribution in [0.25, 0.3) is 10.9 Å². The minimum Gasteiger partial charge on any atom is -0.354 e. The van der Waals surface area contributed by atoms with Crippen molar-refractivity contribution in [1.29, 1.82) is 0 Å². The van der Waals surface area contributed by atoms with E-state index < -0.39 is 0 Å². The number of hydrogen-bond acceptors (Lipinski definition) is 3. The van der Waals surface area contributed by atoms with Gasteiger partial charge in [-0.3, -0.25) is 9.59 Å². The molecule has 1 aliphatic heterocycles. The number of carbonyl (C=O) groups excluding carboxylic acids is 2. The zero-order chi connectivity index (χ0) is 13.9. The van der Waals surface area contributed by atoms with Crippen molar-refractivity contribution >= 4 is 22.7 Å². The van der Waals surface area contributed by atoms with Crippen LogP contribution >= 0.6 is 0 Å². The summed E-state index contributed by atoms with van der Waals surface area (Å²) in [5.74, 6) is -0.156. The van der Waals surface area contributed by atoms with Crippen molar-refractivity contribution in [2.24, 2.45) is 0 Å². The predicted molar refractivity (Wildman–Crippen MR) is 75.2 cm³/mol. The molecule has 5 nitrogen and oxygen atoms in total. The molecule has 102 valence electrons. The number of benzene rings is 1. The van der Waals surface area contributed by atoms with Gasteiger partial charge in [0, 0.05) is 24.4 Å². The van der Waals surface area contributed by atoms with E-state index in [1.165, 1.54) is 0 Å². The summed E-state index contributed by atoms with van der Waals surface area (Å²) >= 11 is 0. The van der Waals surface area contributed by atoms with Crippen molar-refractivity contribution in [2.45, 2.75) is 18.9 Å². The first-order chi connectivity index (χ1) is 9.72. The molecule has 0 saturated carbocycles. The lowest BCUT2D eigenvalue weighted by atomic mass is 10.1. The van der Waals surface area contributed by atoms with Crippen molar-refractivity contribution in [1.82, 2.24) is 15.6 Å². The fourth-order valence-electron chi connectivity index (χ4n) is 2.31. The Labute approximate surface area is 116 Å². The molecule has 2 N–H and O–H groups in total. The fraction of sp³-hybridized carbons (Fsp3) is 0.267. The molecular formula is C15H15N3O2. The minimum absolute atomic E-state index is 0.0199. The maximum atomic E-state index is 12.2. The summed E-state index contributed by atoms with van der Waals surface area (Å²) < 4.78 is 0. The number of para-hydroxylation sites is 1. The first-order valence-corrected chi connectivity index (χ1v) is 6.66. The molecule has 1 fully saturated rings. The molecule has 2 aromatic rings. The van der Waals surface area contributed by atoms with E-state index in [0.29, 0.717) is 25.1 Å². The summed E-state index contributed by atoms with van der Waals surface area (Å²) in [5.41, 5.74) is 1.21. The lowest BCUT2D eigenvalue weighted by Crippen LogP contribution is -2.47. The Bertz CT molecular complexity index is 659. The van der Waals surface area contributed by atoms with E-state index in [9.17, 15) is 9.59 Å². The first kappa shape index (κ1) is 12.6. The van der Waals surface area contributed by atoms with Gasteiger partial charge >= 0.3 is 0 Å². The number of nitrogens with one attached hydrogen (secondary N) is 2. The summed E-state index contributed by atoms with van der Waals surface area (Å²) in [6.07, 6.45) is 1.13. The third-order valence-corrected chi connectivity index (χ3v) is 3.43. The van der Waals surface area contributed by atoms with Crippen LogP contribution in [-0.2, 0) is 4.79 Å². The van der Waals surface area contributed by atoms with E-state index in [2.05, 4.69) is 15.6 Å². The standard InChI is InChI=1S/C15H15N3O2/c19-14-8-6-11(9-16-14)17-15(20)13-7-5-10-3-1-2-4-12(10)18-13/h1-5,7,11H,6,8-9H2,(H,16,19)(H,17,20). The Morgan fingerprint density at radius 2 is 2.10 bits per heavy atom. The molecule has 1 aliphatic rings. The molecular weight excluding hydrogens is 254 g/mol. The largest absolute Gasteiger partial charge is 0.354 e. The van der Waals surface area contributed by atoms with Gasteiger partial charge in [0.25, 0.3) is 5.91 Å². The van der Waals surface area contributed by atoms with E-state index >= 15 is 0 Å². The summed E-state index contributed by atoms with van der Waals surface area (Å²) in [5, 5.41) is 6.66. The second kappa shape index (κ2) is 5.28. The average Bonchev–Trinajstić information content (AvgIpc) is 2.49. The molecule has 0 radical (unpaired) electrons. The molecule has 0 bridgehead atoms. The molecule has 1 atom stereocenters. The zero-order valence-electron chi connectivity index (χ0n) is 10.9. The topological polar surface area (TPSA) is 71.1 Å². The maximum absolute atomic E-state index is 12.2. The van der Waals surface area contributed by atoms with Crippen LogP contribution in [0, 0.1) is 0 Å². The zero-order valence-corrected chi connectivity index (χ0v) is 10.9. The molecule has 2 heterocycles. The number of pyridine rings is 1. The van der Waals surface area contributed by atoms with Gasteiger partial charge in [-0.25, -0.2) is 4.98 Å². The number of piperidine rings is 1. The predicted octanol–water partition coefficient (Wildman–Crippen LogP) is 1.24. The Kier molecular flexibility index (Phi) is 3.33. The van der Waals surface area contributed by atoms with Crippen LogP contribution in [0.4, 0.5) is 0 Å². The maximum Gasteiger partial charge on any atom is 0.270 e. The van der Waals surface area contributed by atoms with Gasteiger partial charge in [-0.1, -0.05) is 24.3 Å². The molecule has 1 unspecified atom stereocenters. The fourth-order valence-corrected chi connectivity index (χ4v) is 2.31. The number of nitrogens with zero attached hydrogens (tertiary/aromatic N) is 1. The van der Waals surface area contributed by atoms with E-state index in [-0.39, 0.29) is 17.9 Å². The number of aromatic nitrogens is 1. The molecule has 1 saturated heterocycles.